The second-order valence-corrected chi connectivity index (χ2v) is 7.90. The SMILES string of the molecule is Cc1ccc(S(=O)(=O)NCC2(C(C)C)CC2)cc1CN. The molecular weight excluding hydrogens is 272 g/mol. The number of benzene rings is 1. The lowest BCUT2D eigenvalue weighted by Crippen LogP contribution is -2.32. The monoisotopic (exact) mass is 296 g/mol. The van der Waals surface area contributed by atoms with Crippen molar-refractivity contribution in [1.29, 1.82) is 0 Å². The molecule has 1 aliphatic carbocycles. The average molecular weight is 296 g/mol. The third kappa shape index (κ3) is 3.05. The molecule has 4 nitrogen and oxygen atoms in total. The summed E-state index contributed by atoms with van der Waals surface area (Å²) in [4.78, 5) is 0.308. The van der Waals surface area contributed by atoms with Gasteiger partial charge >= 0.3 is 0 Å². The molecular formula is C15H24N2O2S. The molecule has 1 aromatic rings. The summed E-state index contributed by atoms with van der Waals surface area (Å²) in [5, 5.41) is 0. The fraction of sp³-hybridized carbons (Fsp3) is 0.600. The van der Waals surface area contributed by atoms with E-state index in [9.17, 15) is 8.42 Å². The van der Waals surface area contributed by atoms with Crippen LogP contribution in [0.1, 0.15) is 37.8 Å². The minimum absolute atomic E-state index is 0.161. The molecule has 1 aliphatic rings. The highest BCUT2D eigenvalue weighted by Gasteiger charge is 2.45. The standard InChI is InChI=1S/C15H24N2O2S/c1-11(2)15(6-7-15)10-17-20(18,19)14-5-4-12(3)13(8-14)9-16/h4-5,8,11,17H,6-7,9-10,16H2,1-3H3. The molecule has 0 spiro atoms. The maximum absolute atomic E-state index is 12.4. The number of rotatable bonds is 6. The molecule has 1 saturated carbocycles. The fourth-order valence-electron chi connectivity index (χ4n) is 2.48. The van der Waals surface area contributed by atoms with E-state index in [0.29, 0.717) is 23.9 Å². The zero-order chi connectivity index (χ0) is 15.0. The highest BCUT2D eigenvalue weighted by molar-refractivity contribution is 7.89. The van der Waals surface area contributed by atoms with Crippen molar-refractivity contribution in [3.05, 3.63) is 29.3 Å². The van der Waals surface area contributed by atoms with Crippen LogP contribution in [0, 0.1) is 18.3 Å². The van der Waals surface area contributed by atoms with E-state index in [1.54, 1.807) is 12.1 Å². The summed E-state index contributed by atoms with van der Waals surface area (Å²) in [6.45, 7) is 7.12. The molecule has 5 heteroatoms. The van der Waals surface area contributed by atoms with Crippen LogP contribution in [0.3, 0.4) is 0 Å². The summed E-state index contributed by atoms with van der Waals surface area (Å²) in [7, 11) is -3.44. The van der Waals surface area contributed by atoms with Crippen molar-refractivity contribution in [2.75, 3.05) is 6.54 Å². The number of hydrogen-bond donors (Lipinski definition) is 2. The Kier molecular flexibility index (Phi) is 4.23. The number of sulfonamides is 1. The van der Waals surface area contributed by atoms with Gasteiger partial charge in [-0.1, -0.05) is 19.9 Å². The predicted octanol–water partition coefficient (Wildman–Crippen LogP) is 2.17. The number of aryl methyl sites for hydroxylation is 1. The third-order valence-corrected chi connectivity index (χ3v) is 5.98. The largest absolute Gasteiger partial charge is 0.326 e. The number of nitrogens with two attached hydrogens (primary N) is 1. The Balaban J connectivity index is 2.15. The smallest absolute Gasteiger partial charge is 0.240 e. The van der Waals surface area contributed by atoms with Crippen molar-refractivity contribution in [1.82, 2.24) is 4.72 Å². The van der Waals surface area contributed by atoms with Crippen molar-refractivity contribution >= 4 is 10.0 Å². The van der Waals surface area contributed by atoms with Gasteiger partial charge < -0.3 is 5.73 Å². The van der Waals surface area contributed by atoms with Crippen LogP contribution in [0.5, 0.6) is 0 Å². The molecule has 0 radical (unpaired) electrons. The molecule has 0 atom stereocenters. The molecule has 20 heavy (non-hydrogen) atoms. The van der Waals surface area contributed by atoms with Gasteiger partial charge in [0, 0.05) is 13.1 Å². The average Bonchev–Trinajstić information content (AvgIpc) is 3.18. The van der Waals surface area contributed by atoms with E-state index >= 15 is 0 Å². The van der Waals surface area contributed by atoms with Gasteiger partial charge in [0.05, 0.1) is 4.90 Å². The van der Waals surface area contributed by atoms with Crippen LogP contribution in [-0.4, -0.2) is 15.0 Å². The van der Waals surface area contributed by atoms with Gasteiger partial charge in [-0.05, 0) is 54.4 Å². The van der Waals surface area contributed by atoms with Crippen molar-refractivity contribution in [3.63, 3.8) is 0 Å². The Morgan fingerprint density at radius 2 is 2.00 bits per heavy atom. The van der Waals surface area contributed by atoms with E-state index in [1.807, 2.05) is 13.0 Å². The summed E-state index contributed by atoms with van der Waals surface area (Å²) < 4.78 is 27.5. The Morgan fingerprint density at radius 3 is 2.50 bits per heavy atom. The van der Waals surface area contributed by atoms with Gasteiger partial charge in [0.25, 0.3) is 0 Å². The van der Waals surface area contributed by atoms with Crippen LogP contribution in [0.4, 0.5) is 0 Å². The highest BCUT2D eigenvalue weighted by Crippen LogP contribution is 2.51. The number of nitrogens with one attached hydrogen (secondary N) is 1. The first-order chi connectivity index (χ1) is 9.31. The minimum Gasteiger partial charge on any atom is -0.326 e. The summed E-state index contributed by atoms with van der Waals surface area (Å²) >= 11 is 0. The molecule has 3 N–H and O–H groups in total. The quantitative estimate of drug-likeness (QED) is 0.845. The fourth-order valence-corrected chi connectivity index (χ4v) is 3.66. The number of hydrogen-bond acceptors (Lipinski definition) is 3. The van der Waals surface area contributed by atoms with E-state index in [-0.39, 0.29) is 5.41 Å². The Morgan fingerprint density at radius 1 is 1.35 bits per heavy atom. The van der Waals surface area contributed by atoms with Gasteiger partial charge in [-0.15, -0.1) is 0 Å². The van der Waals surface area contributed by atoms with E-state index in [1.165, 1.54) is 0 Å². The van der Waals surface area contributed by atoms with Crippen LogP contribution < -0.4 is 10.5 Å². The first kappa shape index (κ1) is 15.5. The zero-order valence-electron chi connectivity index (χ0n) is 12.4. The maximum atomic E-state index is 12.4. The molecule has 0 aromatic heterocycles. The predicted molar refractivity (Wildman–Crippen MR) is 80.8 cm³/mol. The molecule has 112 valence electrons. The first-order valence-corrected chi connectivity index (χ1v) is 8.58. The Bertz CT molecular complexity index is 590. The molecule has 0 amide bonds. The summed E-state index contributed by atoms with van der Waals surface area (Å²) in [5.41, 5.74) is 7.70. The van der Waals surface area contributed by atoms with E-state index in [4.69, 9.17) is 5.73 Å². The maximum Gasteiger partial charge on any atom is 0.240 e. The topological polar surface area (TPSA) is 72.2 Å². The molecule has 1 fully saturated rings. The molecule has 0 heterocycles. The lowest BCUT2D eigenvalue weighted by molar-refractivity contribution is 0.357. The minimum atomic E-state index is -3.44. The third-order valence-electron chi connectivity index (χ3n) is 4.58. The molecule has 0 unspecified atom stereocenters. The van der Waals surface area contributed by atoms with Crippen molar-refractivity contribution in [3.8, 4) is 0 Å². The lowest BCUT2D eigenvalue weighted by atomic mass is 9.93. The van der Waals surface area contributed by atoms with Crippen LogP contribution in [0.2, 0.25) is 0 Å². The summed E-state index contributed by atoms with van der Waals surface area (Å²) in [5.74, 6) is 0.503. The normalized spacial score (nSPS) is 17.4. The molecule has 0 saturated heterocycles. The van der Waals surface area contributed by atoms with Crippen LogP contribution in [-0.2, 0) is 16.6 Å². The van der Waals surface area contributed by atoms with Gasteiger partial charge in [0.2, 0.25) is 10.0 Å². The van der Waals surface area contributed by atoms with Crippen LogP contribution >= 0.6 is 0 Å². The van der Waals surface area contributed by atoms with Gasteiger partial charge in [-0.3, -0.25) is 0 Å². The van der Waals surface area contributed by atoms with E-state index in [2.05, 4.69) is 18.6 Å². The van der Waals surface area contributed by atoms with Gasteiger partial charge in [-0.2, -0.15) is 0 Å². The second-order valence-electron chi connectivity index (χ2n) is 6.13. The van der Waals surface area contributed by atoms with Crippen LogP contribution in [0.15, 0.2) is 23.1 Å². The molecule has 0 aliphatic heterocycles. The molecule has 1 aromatic carbocycles. The summed E-state index contributed by atoms with van der Waals surface area (Å²) in [6, 6.07) is 5.13. The van der Waals surface area contributed by atoms with Gasteiger partial charge in [-0.25, -0.2) is 13.1 Å². The summed E-state index contributed by atoms with van der Waals surface area (Å²) in [6.07, 6.45) is 2.21. The van der Waals surface area contributed by atoms with Crippen molar-refractivity contribution < 1.29 is 8.42 Å². The van der Waals surface area contributed by atoms with E-state index < -0.39 is 10.0 Å². The highest BCUT2D eigenvalue weighted by atomic mass is 32.2. The van der Waals surface area contributed by atoms with Crippen LogP contribution in [0.25, 0.3) is 0 Å². The van der Waals surface area contributed by atoms with Gasteiger partial charge in [0.1, 0.15) is 0 Å². The molecule has 0 bridgehead atoms. The zero-order valence-corrected chi connectivity index (χ0v) is 13.3. The van der Waals surface area contributed by atoms with Crippen molar-refractivity contribution in [2.24, 2.45) is 17.1 Å². The second kappa shape index (κ2) is 5.47. The Labute approximate surface area is 121 Å². The van der Waals surface area contributed by atoms with Crippen molar-refractivity contribution in [2.45, 2.75) is 45.1 Å². The molecule has 2 rings (SSSR count). The van der Waals surface area contributed by atoms with Gasteiger partial charge in [0.15, 0.2) is 0 Å². The van der Waals surface area contributed by atoms with E-state index in [0.717, 1.165) is 24.0 Å². The first-order valence-electron chi connectivity index (χ1n) is 7.10. The lowest BCUT2D eigenvalue weighted by Gasteiger charge is -2.20. The Hall–Kier alpha value is -0.910.